The Kier molecular flexibility index (Phi) is 5.50. The first kappa shape index (κ1) is 15.5. The number of hydrogen-bond acceptors (Lipinski definition) is 4. The van der Waals surface area contributed by atoms with Gasteiger partial charge in [0.15, 0.2) is 0 Å². The molecule has 2 N–H and O–H groups in total. The lowest BCUT2D eigenvalue weighted by Crippen LogP contribution is -2.17. The lowest BCUT2D eigenvalue weighted by atomic mass is 10.2. The molecule has 2 rings (SSSR count). The summed E-state index contributed by atoms with van der Waals surface area (Å²) >= 11 is 0. The standard InChI is InChI=1S/C16H16N2O4/c1-21-11-16(20)18-13-6-4-12(5-7-13)17-15(19)9-8-14-3-2-10-22-14/h2-10H,11H2,1H3,(H,17,19)(H,18,20)/b9-8+. The van der Waals surface area contributed by atoms with Crippen LogP contribution in [0.25, 0.3) is 6.08 Å². The summed E-state index contributed by atoms with van der Waals surface area (Å²) in [5.74, 6) is 0.0968. The molecule has 6 nitrogen and oxygen atoms in total. The third-order valence-corrected chi connectivity index (χ3v) is 2.65. The van der Waals surface area contributed by atoms with Crippen molar-refractivity contribution in [1.29, 1.82) is 0 Å². The van der Waals surface area contributed by atoms with Gasteiger partial charge in [-0.15, -0.1) is 0 Å². The number of methoxy groups -OCH3 is 1. The summed E-state index contributed by atoms with van der Waals surface area (Å²) in [6, 6.07) is 10.3. The average molecular weight is 300 g/mol. The van der Waals surface area contributed by atoms with Crippen molar-refractivity contribution < 1.29 is 18.7 Å². The Morgan fingerprint density at radius 3 is 2.41 bits per heavy atom. The molecule has 2 amide bonds. The normalized spacial score (nSPS) is 10.6. The fourth-order valence-corrected chi connectivity index (χ4v) is 1.69. The summed E-state index contributed by atoms with van der Waals surface area (Å²) in [6.07, 6.45) is 4.50. The monoisotopic (exact) mass is 300 g/mol. The van der Waals surface area contributed by atoms with Crippen molar-refractivity contribution in [2.24, 2.45) is 0 Å². The van der Waals surface area contributed by atoms with E-state index in [1.54, 1.807) is 42.5 Å². The Bertz CT molecular complexity index is 645. The van der Waals surface area contributed by atoms with Gasteiger partial charge in [-0.25, -0.2) is 0 Å². The molecule has 0 bridgehead atoms. The van der Waals surface area contributed by atoms with Gasteiger partial charge in [-0.05, 0) is 42.5 Å². The Morgan fingerprint density at radius 2 is 1.82 bits per heavy atom. The highest BCUT2D eigenvalue weighted by Crippen LogP contribution is 2.13. The zero-order chi connectivity index (χ0) is 15.8. The molecule has 1 heterocycles. The molecular weight excluding hydrogens is 284 g/mol. The van der Waals surface area contributed by atoms with Gasteiger partial charge >= 0.3 is 0 Å². The first-order valence-electron chi connectivity index (χ1n) is 6.59. The van der Waals surface area contributed by atoms with Gasteiger partial charge in [-0.2, -0.15) is 0 Å². The van der Waals surface area contributed by atoms with Gasteiger partial charge in [-0.1, -0.05) is 0 Å². The van der Waals surface area contributed by atoms with E-state index in [-0.39, 0.29) is 18.4 Å². The second-order valence-electron chi connectivity index (χ2n) is 4.40. The van der Waals surface area contributed by atoms with Crippen molar-refractivity contribution in [2.45, 2.75) is 0 Å². The second-order valence-corrected chi connectivity index (χ2v) is 4.40. The Balaban J connectivity index is 1.88. The molecule has 0 fully saturated rings. The summed E-state index contributed by atoms with van der Waals surface area (Å²) < 4.78 is 9.81. The van der Waals surface area contributed by atoms with Crippen LogP contribution in [-0.4, -0.2) is 25.5 Å². The van der Waals surface area contributed by atoms with Crippen LogP contribution in [-0.2, 0) is 14.3 Å². The minimum atomic E-state index is -0.271. The van der Waals surface area contributed by atoms with E-state index in [1.165, 1.54) is 19.4 Å². The highest BCUT2D eigenvalue weighted by atomic mass is 16.5. The minimum Gasteiger partial charge on any atom is -0.465 e. The first-order valence-corrected chi connectivity index (χ1v) is 6.59. The van der Waals surface area contributed by atoms with Crippen molar-refractivity contribution in [3.63, 3.8) is 0 Å². The van der Waals surface area contributed by atoms with Crippen molar-refractivity contribution >= 4 is 29.3 Å². The zero-order valence-corrected chi connectivity index (χ0v) is 12.0. The van der Waals surface area contributed by atoms with Gasteiger partial charge in [0.25, 0.3) is 0 Å². The molecule has 0 aliphatic heterocycles. The molecule has 0 saturated carbocycles. The van der Waals surface area contributed by atoms with E-state index < -0.39 is 0 Å². The number of nitrogens with one attached hydrogen (secondary N) is 2. The molecule has 0 unspecified atom stereocenters. The third kappa shape index (κ3) is 4.92. The average Bonchev–Trinajstić information content (AvgIpc) is 3.01. The number of furan rings is 1. The Labute approximate surface area is 127 Å². The van der Waals surface area contributed by atoms with Gasteiger partial charge in [0.05, 0.1) is 6.26 Å². The molecule has 0 saturated heterocycles. The van der Waals surface area contributed by atoms with Crippen LogP contribution < -0.4 is 10.6 Å². The Hall–Kier alpha value is -2.86. The van der Waals surface area contributed by atoms with Crippen LogP contribution in [0.15, 0.2) is 53.2 Å². The molecule has 0 spiro atoms. The highest BCUT2D eigenvalue weighted by molar-refractivity contribution is 6.02. The summed E-state index contributed by atoms with van der Waals surface area (Å²) in [5, 5.41) is 5.37. The highest BCUT2D eigenvalue weighted by Gasteiger charge is 2.02. The smallest absolute Gasteiger partial charge is 0.250 e. The number of amides is 2. The van der Waals surface area contributed by atoms with Crippen LogP contribution in [0.4, 0.5) is 11.4 Å². The number of benzene rings is 1. The van der Waals surface area contributed by atoms with Crippen LogP contribution >= 0.6 is 0 Å². The van der Waals surface area contributed by atoms with Crippen LogP contribution in [0.1, 0.15) is 5.76 Å². The molecular formula is C16H16N2O4. The maximum atomic E-state index is 11.7. The largest absolute Gasteiger partial charge is 0.465 e. The summed E-state index contributed by atoms with van der Waals surface area (Å²) in [4.78, 5) is 23.1. The number of ether oxygens (including phenoxy) is 1. The predicted octanol–water partition coefficient (Wildman–Crippen LogP) is 2.52. The maximum absolute atomic E-state index is 11.7. The molecule has 1 aromatic heterocycles. The third-order valence-electron chi connectivity index (χ3n) is 2.65. The van der Waals surface area contributed by atoms with Crippen molar-refractivity contribution in [1.82, 2.24) is 0 Å². The van der Waals surface area contributed by atoms with E-state index in [9.17, 15) is 9.59 Å². The summed E-state index contributed by atoms with van der Waals surface area (Å²) in [5.41, 5.74) is 1.25. The van der Waals surface area contributed by atoms with Crippen LogP contribution in [0, 0.1) is 0 Å². The molecule has 2 aromatic rings. The van der Waals surface area contributed by atoms with Gasteiger partial charge in [0.2, 0.25) is 11.8 Å². The molecule has 0 atom stereocenters. The topological polar surface area (TPSA) is 80.6 Å². The van der Waals surface area contributed by atoms with E-state index in [4.69, 9.17) is 9.15 Å². The quantitative estimate of drug-likeness (QED) is 0.803. The van der Waals surface area contributed by atoms with Gasteiger partial charge < -0.3 is 19.8 Å². The summed E-state index contributed by atoms with van der Waals surface area (Å²) in [7, 11) is 1.45. The van der Waals surface area contributed by atoms with E-state index >= 15 is 0 Å². The molecule has 0 aliphatic rings. The molecule has 0 aliphatic carbocycles. The van der Waals surface area contributed by atoms with Crippen LogP contribution in [0.3, 0.4) is 0 Å². The fourth-order valence-electron chi connectivity index (χ4n) is 1.69. The van der Waals surface area contributed by atoms with E-state index in [0.29, 0.717) is 17.1 Å². The first-order chi connectivity index (χ1) is 10.7. The summed E-state index contributed by atoms with van der Waals surface area (Å²) in [6.45, 7) is -0.00391. The predicted molar refractivity (Wildman–Crippen MR) is 83.3 cm³/mol. The molecule has 114 valence electrons. The molecule has 6 heteroatoms. The molecule has 1 aromatic carbocycles. The van der Waals surface area contributed by atoms with Crippen molar-refractivity contribution in [3.05, 3.63) is 54.5 Å². The van der Waals surface area contributed by atoms with Crippen LogP contribution in [0.5, 0.6) is 0 Å². The Morgan fingerprint density at radius 1 is 1.14 bits per heavy atom. The maximum Gasteiger partial charge on any atom is 0.250 e. The lowest BCUT2D eigenvalue weighted by molar-refractivity contribution is -0.119. The van der Waals surface area contributed by atoms with E-state index in [0.717, 1.165) is 0 Å². The second kappa shape index (κ2) is 7.80. The zero-order valence-electron chi connectivity index (χ0n) is 12.0. The number of anilines is 2. The van der Waals surface area contributed by atoms with Gasteiger partial charge in [-0.3, -0.25) is 9.59 Å². The van der Waals surface area contributed by atoms with Crippen molar-refractivity contribution in [2.75, 3.05) is 24.4 Å². The minimum absolute atomic E-state index is 0.00391. The molecule has 22 heavy (non-hydrogen) atoms. The van der Waals surface area contributed by atoms with Gasteiger partial charge in [0.1, 0.15) is 12.4 Å². The van der Waals surface area contributed by atoms with Crippen LogP contribution in [0.2, 0.25) is 0 Å². The fraction of sp³-hybridized carbons (Fsp3) is 0.125. The van der Waals surface area contributed by atoms with E-state index in [1.807, 2.05) is 0 Å². The van der Waals surface area contributed by atoms with Crippen molar-refractivity contribution in [3.8, 4) is 0 Å². The SMILES string of the molecule is COCC(=O)Nc1ccc(NC(=O)/C=C/c2ccco2)cc1. The lowest BCUT2D eigenvalue weighted by Gasteiger charge is -2.06. The number of carbonyl (C=O) groups excluding carboxylic acids is 2. The van der Waals surface area contributed by atoms with E-state index in [2.05, 4.69) is 10.6 Å². The number of hydrogen-bond donors (Lipinski definition) is 2. The number of rotatable bonds is 6. The number of carbonyl (C=O) groups is 2. The molecule has 0 radical (unpaired) electrons. The van der Waals surface area contributed by atoms with Gasteiger partial charge in [0, 0.05) is 24.6 Å².